The summed E-state index contributed by atoms with van der Waals surface area (Å²) in [6.07, 6.45) is 1.54. The van der Waals surface area contributed by atoms with Crippen molar-refractivity contribution < 1.29 is 14.2 Å². The van der Waals surface area contributed by atoms with Gasteiger partial charge in [-0.1, -0.05) is 0 Å². The summed E-state index contributed by atoms with van der Waals surface area (Å²) in [5.41, 5.74) is 3.81. The predicted octanol–water partition coefficient (Wildman–Crippen LogP) is 2.30. The van der Waals surface area contributed by atoms with Gasteiger partial charge in [0.15, 0.2) is 5.69 Å². The maximum Gasteiger partial charge on any atom is 0.279 e. The van der Waals surface area contributed by atoms with Crippen LogP contribution in [-0.4, -0.2) is 42.7 Å². The van der Waals surface area contributed by atoms with Crippen molar-refractivity contribution in [1.29, 1.82) is 0 Å². The van der Waals surface area contributed by atoms with Gasteiger partial charge in [0.2, 0.25) is 5.95 Å². The van der Waals surface area contributed by atoms with Crippen LogP contribution in [0.1, 0.15) is 5.56 Å². The lowest BCUT2D eigenvalue weighted by Crippen LogP contribution is -2.15. The van der Waals surface area contributed by atoms with Crippen LogP contribution < -0.4 is 25.2 Å². The minimum atomic E-state index is -0.389. The van der Waals surface area contributed by atoms with Crippen LogP contribution in [-0.2, 0) is 0 Å². The Balaban J connectivity index is 1.74. The van der Waals surface area contributed by atoms with E-state index in [4.69, 9.17) is 14.2 Å². The normalized spacial score (nSPS) is 10.7. The highest BCUT2D eigenvalue weighted by Crippen LogP contribution is 2.23. The average molecular weight is 381 g/mol. The van der Waals surface area contributed by atoms with Crippen LogP contribution in [0.15, 0.2) is 52.4 Å². The zero-order valence-electron chi connectivity index (χ0n) is 15.6. The van der Waals surface area contributed by atoms with E-state index in [0.717, 1.165) is 5.56 Å². The zero-order valence-corrected chi connectivity index (χ0v) is 15.6. The van der Waals surface area contributed by atoms with E-state index in [9.17, 15) is 4.79 Å². The van der Waals surface area contributed by atoms with Crippen molar-refractivity contribution in [3.8, 4) is 28.5 Å². The van der Waals surface area contributed by atoms with Gasteiger partial charge in [-0.3, -0.25) is 9.78 Å². The first-order valence-corrected chi connectivity index (χ1v) is 8.27. The number of hydrazone groups is 1. The molecule has 0 atom stereocenters. The van der Waals surface area contributed by atoms with Crippen LogP contribution in [0.2, 0.25) is 0 Å². The number of methoxy groups -OCH3 is 3. The number of hydrogen-bond donors (Lipinski definition) is 2. The van der Waals surface area contributed by atoms with E-state index in [0.29, 0.717) is 22.8 Å². The van der Waals surface area contributed by atoms with Crippen molar-refractivity contribution in [3.63, 3.8) is 0 Å². The van der Waals surface area contributed by atoms with Gasteiger partial charge in [-0.05, 0) is 36.4 Å². The van der Waals surface area contributed by atoms with E-state index in [1.807, 2.05) is 0 Å². The zero-order chi connectivity index (χ0) is 19.9. The number of nitrogens with zero attached hydrogens (tertiary/aromatic N) is 3. The van der Waals surface area contributed by atoms with Crippen molar-refractivity contribution in [2.75, 3.05) is 26.8 Å². The number of rotatable bonds is 7. The molecule has 3 rings (SSSR count). The maximum atomic E-state index is 12.3. The van der Waals surface area contributed by atoms with E-state index in [2.05, 4.69) is 25.7 Å². The summed E-state index contributed by atoms with van der Waals surface area (Å²) >= 11 is 0. The van der Waals surface area contributed by atoms with Gasteiger partial charge < -0.3 is 14.2 Å². The topological polar surface area (TPSA) is 111 Å². The third kappa shape index (κ3) is 4.26. The average Bonchev–Trinajstić information content (AvgIpc) is 2.74. The van der Waals surface area contributed by atoms with Gasteiger partial charge in [0, 0.05) is 17.2 Å². The van der Waals surface area contributed by atoms with Gasteiger partial charge in [-0.2, -0.15) is 5.10 Å². The Morgan fingerprint density at radius 2 is 1.68 bits per heavy atom. The number of aromatic nitrogens is 3. The molecule has 2 aromatic carbocycles. The molecular formula is C19H19N5O4. The van der Waals surface area contributed by atoms with E-state index in [1.165, 1.54) is 6.21 Å². The Hall–Kier alpha value is -3.88. The molecule has 0 aliphatic rings. The molecule has 0 spiro atoms. The second-order valence-corrected chi connectivity index (χ2v) is 5.56. The van der Waals surface area contributed by atoms with Crippen LogP contribution in [0, 0.1) is 0 Å². The van der Waals surface area contributed by atoms with Gasteiger partial charge in [-0.25, -0.2) is 5.43 Å². The largest absolute Gasteiger partial charge is 0.497 e. The number of ether oxygens (including phenoxy) is 3. The molecule has 3 aromatic rings. The molecule has 0 saturated carbocycles. The minimum Gasteiger partial charge on any atom is -0.497 e. The minimum absolute atomic E-state index is 0.117. The summed E-state index contributed by atoms with van der Waals surface area (Å²) in [5, 5.41) is 12.0. The highest BCUT2D eigenvalue weighted by atomic mass is 16.5. The SMILES string of the molecule is COc1ccc(-c2nnc(N/N=C/c3ccc(OC)cc3OC)[nH]c2=O)cc1. The first kappa shape index (κ1) is 18.9. The molecule has 9 nitrogen and oxygen atoms in total. The van der Waals surface area contributed by atoms with Gasteiger partial charge in [0.05, 0.1) is 27.5 Å². The first-order chi connectivity index (χ1) is 13.6. The smallest absolute Gasteiger partial charge is 0.279 e. The summed E-state index contributed by atoms with van der Waals surface area (Å²) < 4.78 is 15.6. The van der Waals surface area contributed by atoms with Crippen molar-refractivity contribution in [3.05, 3.63) is 58.4 Å². The Labute approximate surface area is 161 Å². The second-order valence-electron chi connectivity index (χ2n) is 5.56. The van der Waals surface area contributed by atoms with E-state index >= 15 is 0 Å². The molecule has 9 heteroatoms. The quantitative estimate of drug-likeness (QED) is 0.477. The molecule has 0 aliphatic carbocycles. The standard InChI is InChI=1S/C19H19N5O4/c1-26-14-7-4-12(5-8-14)17-18(25)21-19(24-22-17)23-20-11-13-6-9-15(27-2)10-16(13)28-3/h4-11H,1-3H3,(H2,21,23,24,25)/b20-11+. The van der Waals surface area contributed by atoms with Gasteiger partial charge in [-0.15, -0.1) is 10.2 Å². The molecule has 0 radical (unpaired) electrons. The Bertz CT molecular complexity index is 1030. The van der Waals surface area contributed by atoms with Gasteiger partial charge in [0.25, 0.3) is 5.56 Å². The van der Waals surface area contributed by atoms with E-state index in [1.54, 1.807) is 63.8 Å². The molecule has 0 saturated heterocycles. The van der Waals surface area contributed by atoms with Crippen molar-refractivity contribution in [2.24, 2.45) is 5.10 Å². The highest BCUT2D eigenvalue weighted by Gasteiger charge is 2.08. The summed E-state index contributed by atoms with van der Waals surface area (Å²) in [5.74, 6) is 2.08. The number of nitrogens with one attached hydrogen (secondary N) is 2. The fraction of sp³-hybridized carbons (Fsp3) is 0.158. The van der Waals surface area contributed by atoms with Gasteiger partial charge in [0.1, 0.15) is 17.2 Å². The van der Waals surface area contributed by atoms with Crippen LogP contribution in [0.4, 0.5) is 5.95 Å². The lowest BCUT2D eigenvalue weighted by Gasteiger charge is -2.07. The first-order valence-electron chi connectivity index (χ1n) is 8.27. The van der Waals surface area contributed by atoms with E-state index in [-0.39, 0.29) is 17.2 Å². The van der Waals surface area contributed by atoms with Crippen molar-refractivity contribution >= 4 is 12.2 Å². The molecule has 144 valence electrons. The third-order valence-electron chi connectivity index (χ3n) is 3.88. The monoisotopic (exact) mass is 381 g/mol. The molecule has 0 fully saturated rings. The summed E-state index contributed by atoms with van der Waals surface area (Å²) in [6, 6.07) is 12.3. The molecule has 1 heterocycles. The Morgan fingerprint density at radius 1 is 0.964 bits per heavy atom. The lowest BCUT2D eigenvalue weighted by atomic mass is 10.1. The molecule has 28 heavy (non-hydrogen) atoms. The third-order valence-corrected chi connectivity index (χ3v) is 3.88. The Morgan fingerprint density at radius 3 is 2.32 bits per heavy atom. The number of H-pyrrole nitrogens is 1. The number of anilines is 1. The van der Waals surface area contributed by atoms with E-state index < -0.39 is 0 Å². The van der Waals surface area contributed by atoms with Crippen molar-refractivity contribution in [1.82, 2.24) is 15.2 Å². The molecule has 2 N–H and O–H groups in total. The number of aromatic amines is 1. The van der Waals surface area contributed by atoms with Crippen LogP contribution >= 0.6 is 0 Å². The van der Waals surface area contributed by atoms with Crippen LogP contribution in [0.25, 0.3) is 11.3 Å². The number of hydrogen-bond acceptors (Lipinski definition) is 8. The molecule has 0 amide bonds. The van der Waals surface area contributed by atoms with Gasteiger partial charge >= 0.3 is 0 Å². The van der Waals surface area contributed by atoms with Crippen LogP contribution in [0.3, 0.4) is 0 Å². The summed E-state index contributed by atoms with van der Waals surface area (Å²) in [4.78, 5) is 14.9. The maximum absolute atomic E-state index is 12.3. The second kappa shape index (κ2) is 8.67. The fourth-order valence-electron chi connectivity index (χ4n) is 2.41. The molecule has 1 aromatic heterocycles. The predicted molar refractivity (Wildman–Crippen MR) is 105 cm³/mol. The molecular weight excluding hydrogens is 362 g/mol. The molecule has 0 aliphatic heterocycles. The summed E-state index contributed by atoms with van der Waals surface area (Å²) in [7, 11) is 4.71. The number of benzene rings is 2. The lowest BCUT2D eigenvalue weighted by molar-refractivity contribution is 0.394. The molecule has 0 bridgehead atoms. The molecule has 0 unspecified atom stereocenters. The highest BCUT2D eigenvalue weighted by molar-refractivity contribution is 5.84. The Kier molecular flexibility index (Phi) is 5.85. The van der Waals surface area contributed by atoms with Crippen LogP contribution in [0.5, 0.6) is 17.2 Å². The summed E-state index contributed by atoms with van der Waals surface area (Å²) in [6.45, 7) is 0. The van der Waals surface area contributed by atoms with Crippen molar-refractivity contribution in [2.45, 2.75) is 0 Å². The fourth-order valence-corrected chi connectivity index (χ4v) is 2.41.